The van der Waals surface area contributed by atoms with Crippen LogP contribution in [0, 0.1) is 0 Å². The number of hydrogen-bond acceptors (Lipinski definition) is 9. The molecule has 11 heteroatoms. The summed E-state index contributed by atoms with van der Waals surface area (Å²) in [5.41, 5.74) is 1.62. The maximum Gasteiger partial charge on any atom is 0.336 e. The van der Waals surface area contributed by atoms with Crippen LogP contribution in [0.25, 0.3) is 11.3 Å². The number of carbonyl (C=O) groups excluding carboxylic acids is 1. The number of aromatic carboxylic acids is 1. The van der Waals surface area contributed by atoms with Crippen molar-refractivity contribution < 1.29 is 33.6 Å². The fraction of sp³-hybridized carbons (Fsp3) is 0.280. The average molecular weight is 490 g/mol. The minimum Gasteiger partial charge on any atom is -0.478 e. The van der Waals surface area contributed by atoms with Gasteiger partial charge in [0, 0.05) is 11.8 Å². The second kappa shape index (κ2) is 9.10. The Morgan fingerprint density at radius 2 is 1.67 bits per heavy atom. The fourth-order valence-electron chi connectivity index (χ4n) is 4.67. The van der Waals surface area contributed by atoms with Crippen LogP contribution in [-0.4, -0.2) is 71.2 Å². The molecule has 184 valence electrons. The Morgan fingerprint density at radius 3 is 2.50 bits per heavy atom. The fourth-order valence-corrected chi connectivity index (χ4v) is 4.67. The number of carbonyl (C=O) groups is 2. The highest BCUT2D eigenvalue weighted by Crippen LogP contribution is 2.35. The molecule has 3 aliphatic heterocycles. The van der Waals surface area contributed by atoms with Gasteiger partial charge in [-0.15, -0.1) is 0 Å². The summed E-state index contributed by atoms with van der Waals surface area (Å²) in [4.78, 5) is 33.2. The summed E-state index contributed by atoms with van der Waals surface area (Å²) in [6, 6.07) is 12.9. The third kappa shape index (κ3) is 4.08. The number of nitrogens with zero attached hydrogens (tertiary/aromatic N) is 2. The molecule has 0 aliphatic carbocycles. The van der Waals surface area contributed by atoms with Crippen LogP contribution in [0.3, 0.4) is 0 Å². The number of carboxylic acids is 1. The van der Waals surface area contributed by atoms with Gasteiger partial charge in [0.25, 0.3) is 5.91 Å². The summed E-state index contributed by atoms with van der Waals surface area (Å²) in [5, 5.41) is 15.5. The molecule has 0 radical (unpaired) electrons. The van der Waals surface area contributed by atoms with Gasteiger partial charge in [-0.25, -0.2) is 14.8 Å². The normalized spacial score (nSPS) is 23.8. The molecule has 2 saturated heterocycles. The maximum atomic E-state index is 12.8. The summed E-state index contributed by atoms with van der Waals surface area (Å²) in [6.45, 7) is 0.782. The van der Waals surface area contributed by atoms with Gasteiger partial charge in [0.15, 0.2) is 11.5 Å². The smallest absolute Gasteiger partial charge is 0.336 e. The molecule has 3 N–H and O–H groups in total. The van der Waals surface area contributed by atoms with Gasteiger partial charge in [-0.2, -0.15) is 0 Å². The standard InChI is InChI=1S/C25H22N4O7/c30-23(14-3-1-2-4-15(14)24(31)32)27-17-10-33-22-18(11-34-21(17)22)29-25-26-8-7-16(28-25)13-5-6-19-20(9-13)36-12-35-19/h1-9,17-18,21-22H,10-12H2,(H,27,30)(H,31,32)(H,26,28,29). The van der Waals surface area contributed by atoms with Crippen LogP contribution in [-0.2, 0) is 9.47 Å². The van der Waals surface area contributed by atoms with Crippen molar-refractivity contribution in [3.05, 3.63) is 65.9 Å². The SMILES string of the molecule is O=C(O)c1ccccc1C(=O)NC1COC2C(Nc3nccc(-c4ccc5c(c4)OCO5)n3)COC12. The van der Waals surface area contributed by atoms with E-state index in [0.717, 1.165) is 11.3 Å². The lowest BCUT2D eigenvalue weighted by Gasteiger charge is -2.19. The lowest BCUT2D eigenvalue weighted by molar-refractivity contribution is 0.0646. The molecule has 0 saturated carbocycles. The van der Waals surface area contributed by atoms with Gasteiger partial charge in [-0.05, 0) is 36.4 Å². The lowest BCUT2D eigenvalue weighted by Crippen LogP contribution is -2.45. The average Bonchev–Trinajstić information content (AvgIpc) is 3.62. The molecule has 2 fully saturated rings. The molecule has 0 bridgehead atoms. The van der Waals surface area contributed by atoms with E-state index in [1.54, 1.807) is 18.3 Å². The van der Waals surface area contributed by atoms with Gasteiger partial charge >= 0.3 is 5.97 Å². The Bertz CT molecular complexity index is 1330. The number of anilines is 1. The quantitative estimate of drug-likeness (QED) is 0.469. The highest BCUT2D eigenvalue weighted by molar-refractivity contribution is 6.04. The van der Waals surface area contributed by atoms with Gasteiger partial charge in [0.2, 0.25) is 12.7 Å². The van der Waals surface area contributed by atoms with Crippen LogP contribution in [0.15, 0.2) is 54.7 Å². The molecule has 4 heterocycles. The van der Waals surface area contributed by atoms with Gasteiger partial charge in [0.1, 0.15) is 12.2 Å². The summed E-state index contributed by atoms with van der Waals surface area (Å²) in [6.07, 6.45) is 0.948. The number of hydrogen-bond donors (Lipinski definition) is 3. The third-order valence-corrected chi connectivity index (χ3v) is 6.41. The van der Waals surface area contributed by atoms with E-state index in [2.05, 4.69) is 20.6 Å². The van der Waals surface area contributed by atoms with Crippen molar-refractivity contribution in [2.75, 3.05) is 25.3 Å². The molecule has 3 aliphatic rings. The topological polar surface area (TPSA) is 141 Å². The van der Waals surface area contributed by atoms with Crippen LogP contribution in [0.4, 0.5) is 5.95 Å². The highest BCUT2D eigenvalue weighted by Gasteiger charge is 2.48. The Morgan fingerprint density at radius 1 is 0.917 bits per heavy atom. The van der Waals surface area contributed by atoms with Gasteiger partial charge in [-0.1, -0.05) is 12.1 Å². The maximum absolute atomic E-state index is 12.8. The molecule has 1 amide bonds. The number of aromatic nitrogens is 2. The number of amides is 1. The Hall–Kier alpha value is -4.22. The van der Waals surface area contributed by atoms with Gasteiger partial charge in [-0.3, -0.25) is 4.79 Å². The molecule has 11 nitrogen and oxygen atoms in total. The first-order chi connectivity index (χ1) is 17.6. The summed E-state index contributed by atoms with van der Waals surface area (Å²) < 4.78 is 22.7. The third-order valence-electron chi connectivity index (χ3n) is 6.41. The van der Waals surface area contributed by atoms with E-state index in [0.29, 0.717) is 24.1 Å². The van der Waals surface area contributed by atoms with Crippen molar-refractivity contribution in [1.29, 1.82) is 0 Å². The highest BCUT2D eigenvalue weighted by atomic mass is 16.7. The van der Waals surface area contributed by atoms with E-state index in [-0.39, 0.29) is 42.8 Å². The van der Waals surface area contributed by atoms with Crippen LogP contribution in [0.1, 0.15) is 20.7 Å². The number of nitrogens with one attached hydrogen (secondary N) is 2. The molecule has 1 aromatic heterocycles. The van der Waals surface area contributed by atoms with E-state index in [1.165, 1.54) is 12.1 Å². The zero-order valence-corrected chi connectivity index (χ0v) is 18.9. The second-order valence-corrected chi connectivity index (χ2v) is 8.61. The first-order valence-electron chi connectivity index (χ1n) is 11.4. The molecule has 0 spiro atoms. The first-order valence-corrected chi connectivity index (χ1v) is 11.4. The lowest BCUT2D eigenvalue weighted by atomic mass is 10.0. The van der Waals surface area contributed by atoms with Crippen molar-refractivity contribution in [2.24, 2.45) is 0 Å². The van der Waals surface area contributed by atoms with Crippen molar-refractivity contribution in [1.82, 2.24) is 15.3 Å². The molecule has 6 rings (SSSR count). The monoisotopic (exact) mass is 490 g/mol. The molecular formula is C25H22N4O7. The zero-order valence-electron chi connectivity index (χ0n) is 18.9. The molecule has 2 aromatic carbocycles. The van der Waals surface area contributed by atoms with Gasteiger partial charge in [0.05, 0.1) is 42.1 Å². The molecule has 4 atom stereocenters. The van der Waals surface area contributed by atoms with Crippen molar-refractivity contribution in [3.8, 4) is 22.8 Å². The molecule has 36 heavy (non-hydrogen) atoms. The summed E-state index contributed by atoms with van der Waals surface area (Å²) in [7, 11) is 0. The van der Waals surface area contributed by atoms with Crippen molar-refractivity contribution >= 4 is 17.8 Å². The van der Waals surface area contributed by atoms with Gasteiger partial charge < -0.3 is 34.7 Å². The molecule has 3 aromatic rings. The van der Waals surface area contributed by atoms with E-state index in [1.807, 2.05) is 24.3 Å². The number of carboxylic acid groups (broad SMARTS) is 1. The van der Waals surface area contributed by atoms with E-state index >= 15 is 0 Å². The summed E-state index contributed by atoms with van der Waals surface area (Å²) >= 11 is 0. The second-order valence-electron chi connectivity index (χ2n) is 8.61. The Kier molecular flexibility index (Phi) is 5.62. The predicted octanol–water partition coefficient (Wildman–Crippen LogP) is 1.95. The molecule has 4 unspecified atom stereocenters. The number of benzene rings is 2. The zero-order chi connectivity index (χ0) is 24.6. The Labute approximate surface area is 205 Å². The summed E-state index contributed by atoms with van der Waals surface area (Å²) in [5.74, 6) is 0.149. The number of rotatable bonds is 6. The van der Waals surface area contributed by atoms with Crippen molar-refractivity contribution in [2.45, 2.75) is 24.3 Å². The minimum absolute atomic E-state index is 0.0585. The minimum atomic E-state index is -1.16. The Balaban J connectivity index is 1.12. The van der Waals surface area contributed by atoms with Crippen LogP contribution in [0.2, 0.25) is 0 Å². The number of fused-ring (bicyclic) bond motifs is 2. The molecular weight excluding hydrogens is 468 g/mol. The van der Waals surface area contributed by atoms with Crippen LogP contribution < -0.4 is 20.1 Å². The van der Waals surface area contributed by atoms with E-state index in [9.17, 15) is 14.7 Å². The van der Waals surface area contributed by atoms with Crippen LogP contribution >= 0.6 is 0 Å². The van der Waals surface area contributed by atoms with Crippen molar-refractivity contribution in [3.63, 3.8) is 0 Å². The largest absolute Gasteiger partial charge is 0.478 e. The first kappa shape index (κ1) is 22.3. The van der Waals surface area contributed by atoms with E-state index in [4.69, 9.17) is 18.9 Å². The van der Waals surface area contributed by atoms with E-state index < -0.39 is 17.9 Å². The number of ether oxygens (including phenoxy) is 4. The predicted molar refractivity (Wildman–Crippen MR) is 125 cm³/mol. The van der Waals surface area contributed by atoms with Crippen LogP contribution in [0.5, 0.6) is 11.5 Å².